The van der Waals surface area contributed by atoms with Gasteiger partial charge >= 0.3 is 6.03 Å². The molecule has 1 aliphatic rings. The van der Waals surface area contributed by atoms with Gasteiger partial charge in [0, 0.05) is 46.5 Å². The zero-order valence-electron chi connectivity index (χ0n) is 17.9. The molecule has 3 heterocycles. The Bertz CT molecular complexity index is 1450. The van der Waals surface area contributed by atoms with Gasteiger partial charge in [-0.15, -0.1) is 0 Å². The van der Waals surface area contributed by atoms with E-state index in [4.69, 9.17) is 11.6 Å². The Morgan fingerprint density at radius 3 is 2.59 bits per heavy atom. The van der Waals surface area contributed by atoms with E-state index < -0.39 is 11.8 Å². The second-order valence-electron chi connectivity index (χ2n) is 7.74. The van der Waals surface area contributed by atoms with E-state index in [0.29, 0.717) is 38.7 Å². The van der Waals surface area contributed by atoms with E-state index in [1.807, 2.05) is 6.92 Å². The van der Waals surface area contributed by atoms with Crippen molar-refractivity contribution in [2.75, 3.05) is 10.6 Å². The van der Waals surface area contributed by atoms with Crippen molar-refractivity contribution in [1.29, 1.82) is 0 Å². The standard InChI is InChI=1S/C24H18ClFN6O2/c1-12-10-28-22(30-12)17-5-4-15(18-11-29-23(33)21(17)18)16-3-2-14(9-19(16)26)31-24(34)32-20-8-13(25)6-7-27-20/h2-10H,11H2,1H3,(H,28,30)(H,29,33)(H2,27,31,32,34). The van der Waals surface area contributed by atoms with Gasteiger partial charge in [0.1, 0.15) is 17.5 Å². The smallest absolute Gasteiger partial charge is 0.324 e. The second-order valence-corrected chi connectivity index (χ2v) is 8.18. The monoisotopic (exact) mass is 476 g/mol. The number of nitrogens with one attached hydrogen (secondary N) is 4. The number of aromatic nitrogens is 3. The second kappa shape index (κ2) is 8.60. The molecule has 170 valence electrons. The summed E-state index contributed by atoms with van der Waals surface area (Å²) in [5.74, 6) is 0.0759. The molecule has 3 amide bonds. The van der Waals surface area contributed by atoms with Crippen LogP contribution in [0.5, 0.6) is 0 Å². The Morgan fingerprint density at radius 2 is 1.85 bits per heavy atom. The summed E-state index contributed by atoms with van der Waals surface area (Å²) in [7, 11) is 0. The zero-order valence-corrected chi connectivity index (χ0v) is 18.6. The summed E-state index contributed by atoms with van der Waals surface area (Å²) in [4.78, 5) is 36.3. The molecule has 0 spiro atoms. The first-order valence-corrected chi connectivity index (χ1v) is 10.7. The summed E-state index contributed by atoms with van der Waals surface area (Å²) in [5, 5.41) is 8.34. The quantitative estimate of drug-likeness (QED) is 0.327. The molecule has 0 atom stereocenters. The van der Waals surface area contributed by atoms with Gasteiger partial charge in [-0.2, -0.15) is 0 Å². The van der Waals surface area contributed by atoms with E-state index in [0.717, 1.165) is 5.69 Å². The van der Waals surface area contributed by atoms with Crippen LogP contribution in [0.1, 0.15) is 21.6 Å². The number of aromatic amines is 1. The first-order chi connectivity index (χ1) is 16.4. The number of pyridine rings is 1. The number of amides is 3. The molecular weight excluding hydrogens is 459 g/mol. The van der Waals surface area contributed by atoms with E-state index in [2.05, 4.69) is 30.9 Å². The summed E-state index contributed by atoms with van der Waals surface area (Å²) in [6, 6.07) is 10.4. The average Bonchev–Trinajstić information content (AvgIpc) is 3.40. The van der Waals surface area contributed by atoms with Crippen molar-refractivity contribution < 1.29 is 14.0 Å². The van der Waals surface area contributed by atoms with Gasteiger partial charge in [-0.25, -0.2) is 19.2 Å². The van der Waals surface area contributed by atoms with Gasteiger partial charge in [-0.1, -0.05) is 17.7 Å². The van der Waals surface area contributed by atoms with E-state index >= 15 is 4.39 Å². The fourth-order valence-electron chi connectivity index (χ4n) is 3.91. The van der Waals surface area contributed by atoms with Crippen molar-refractivity contribution in [1.82, 2.24) is 20.3 Å². The van der Waals surface area contributed by atoms with Crippen LogP contribution in [0, 0.1) is 12.7 Å². The number of hydrogen-bond donors (Lipinski definition) is 4. The van der Waals surface area contributed by atoms with Crippen molar-refractivity contribution >= 4 is 35.0 Å². The summed E-state index contributed by atoms with van der Waals surface area (Å²) in [6.45, 7) is 2.16. The number of rotatable bonds is 4. The van der Waals surface area contributed by atoms with Gasteiger partial charge in [-0.05, 0) is 54.4 Å². The Balaban J connectivity index is 1.43. The summed E-state index contributed by atoms with van der Waals surface area (Å²) < 4.78 is 15.1. The molecule has 4 aromatic rings. The van der Waals surface area contributed by atoms with E-state index in [1.54, 1.807) is 36.5 Å². The molecule has 0 saturated heterocycles. The van der Waals surface area contributed by atoms with Crippen LogP contribution in [0.4, 0.5) is 20.7 Å². The number of aryl methyl sites for hydroxylation is 1. The van der Waals surface area contributed by atoms with E-state index in [-0.39, 0.29) is 24.0 Å². The first-order valence-electron chi connectivity index (χ1n) is 10.3. The fourth-order valence-corrected chi connectivity index (χ4v) is 4.07. The van der Waals surface area contributed by atoms with Gasteiger partial charge in [0.15, 0.2) is 0 Å². The Labute approximate surface area is 198 Å². The summed E-state index contributed by atoms with van der Waals surface area (Å²) in [5.41, 5.74) is 3.87. The van der Waals surface area contributed by atoms with Crippen LogP contribution in [-0.4, -0.2) is 26.9 Å². The molecule has 0 bridgehead atoms. The van der Waals surface area contributed by atoms with Crippen molar-refractivity contribution in [3.63, 3.8) is 0 Å². The maximum atomic E-state index is 15.1. The minimum Gasteiger partial charge on any atom is -0.348 e. The minimum atomic E-state index is -0.587. The zero-order chi connectivity index (χ0) is 23.8. The number of urea groups is 1. The Kier molecular flexibility index (Phi) is 5.46. The summed E-state index contributed by atoms with van der Waals surface area (Å²) >= 11 is 5.89. The lowest BCUT2D eigenvalue weighted by Gasteiger charge is -2.13. The highest BCUT2D eigenvalue weighted by molar-refractivity contribution is 6.30. The number of imidazole rings is 1. The predicted molar refractivity (Wildman–Crippen MR) is 127 cm³/mol. The molecule has 4 N–H and O–H groups in total. The summed E-state index contributed by atoms with van der Waals surface area (Å²) in [6.07, 6.45) is 3.15. The van der Waals surface area contributed by atoms with Gasteiger partial charge in [0.05, 0.1) is 5.56 Å². The average molecular weight is 477 g/mol. The maximum absolute atomic E-state index is 15.1. The number of anilines is 2. The number of carbonyl (C=O) groups is 2. The first kappa shape index (κ1) is 21.6. The molecule has 10 heteroatoms. The van der Waals surface area contributed by atoms with Crippen molar-refractivity contribution in [2.24, 2.45) is 0 Å². The number of H-pyrrole nitrogens is 1. The maximum Gasteiger partial charge on any atom is 0.324 e. The fraction of sp³-hybridized carbons (Fsp3) is 0.0833. The van der Waals surface area contributed by atoms with Crippen LogP contribution in [0.15, 0.2) is 54.9 Å². The van der Waals surface area contributed by atoms with Gasteiger partial charge in [-0.3, -0.25) is 10.1 Å². The lowest BCUT2D eigenvalue weighted by Crippen LogP contribution is -2.20. The van der Waals surface area contributed by atoms with Crippen LogP contribution in [-0.2, 0) is 6.54 Å². The molecule has 0 unspecified atom stereocenters. The topological polar surface area (TPSA) is 112 Å². The van der Waals surface area contributed by atoms with Crippen LogP contribution in [0.3, 0.4) is 0 Å². The Hall–Kier alpha value is -4.24. The molecule has 5 rings (SSSR count). The molecule has 8 nitrogen and oxygen atoms in total. The number of fused-ring (bicyclic) bond motifs is 1. The van der Waals surface area contributed by atoms with Crippen LogP contribution >= 0.6 is 11.6 Å². The predicted octanol–water partition coefficient (Wildman–Crippen LogP) is 5.13. The van der Waals surface area contributed by atoms with E-state index in [1.165, 1.54) is 18.3 Å². The SMILES string of the molecule is Cc1cnc(-c2ccc(-c3ccc(NC(=O)Nc4cc(Cl)ccn4)cc3F)c3c2C(=O)NC3)[nH]1. The molecule has 1 aliphatic heterocycles. The third-order valence-electron chi connectivity index (χ3n) is 5.40. The van der Waals surface area contributed by atoms with Crippen molar-refractivity contribution in [3.05, 3.63) is 82.5 Å². The molecule has 2 aromatic heterocycles. The third-order valence-corrected chi connectivity index (χ3v) is 5.64. The number of hydrogen-bond acceptors (Lipinski definition) is 4. The van der Waals surface area contributed by atoms with Gasteiger partial charge in [0.2, 0.25) is 0 Å². The normalized spacial score (nSPS) is 12.3. The number of carbonyl (C=O) groups excluding carboxylic acids is 2. The molecule has 0 aliphatic carbocycles. The molecule has 0 fully saturated rings. The van der Waals surface area contributed by atoms with E-state index in [9.17, 15) is 9.59 Å². The van der Waals surface area contributed by atoms with Crippen LogP contribution in [0.2, 0.25) is 5.02 Å². The highest BCUT2D eigenvalue weighted by Gasteiger charge is 2.28. The largest absolute Gasteiger partial charge is 0.348 e. The third kappa shape index (κ3) is 4.08. The number of nitrogens with zero attached hydrogens (tertiary/aromatic N) is 2. The molecule has 0 saturated carbocycles. The van der Waals surface area contributed by atoms with Crippen LogP contribution < -0.4 is 16.0 Å². The van der Waals surface area contributed by atoms with Gasteiger partial charge in [0.25, 0.3) is 5.91 Å². The molecule has 0 radical (unpaired) electrons. The minimum absolute atomic E-state index is 0.231. The highest BCUT2D eigenvalue weighted by Crippen LogP contribution is 2.36. The lowest BCUT2D eigenvalue weighted by molar-refractivity contribution is 0.0966. The highest BCUT2D eigenvalue weighted by atomic mass is 35.5. The molecular formula is C24H18ClFN6O2. The number of benzene rings is 2. The van der Waals surface area contributed by atoms with Crippen molar-refractivity contribution in [3.8, 4) is 22.5 Å². The molecule has 2 aromatic carbocycles. The van der Waals surface area contributed by atoms with Gasteiger partial charge < -0.3 is 15.6 Å². The molecule has 34 heavy (non-hydrogen) atoms. The van der Waals surface area contributed by atoms with Crippen molar-refractivity contribution in [2.45, 2.75) is 13.5 Å². The lowest BCUT2D eigenvalue weighted by atomic mass is 9.92. The Morgan fingerprint density at radius 1 is 1.06 bits per heavy atom. The number of halogens is 2. The van der Waals surface area contributed by atoms with Crippen LogP contribution in [0.25, 0.3) is 22.5 Å².